The van der Waals surface area contributed by atoms with Gasteiger partial charge >= 0.3 is 0 Å². The Balaban J connectivity index is 2.59. The minimum absolute atomic E-state index is 0.0731. The van der Waals surface area contributed by atoms with Gasteiger partial charge < -0.3 is 18.0 Å². The van der Waals surface area contributed by atoms with Crippen LogP contribution in [0.15, 0.2) is 35.2 Å². The number of benzene rings is 1. The van der Waals surface area contributed by atoms with E-state index in [1.54, 1.807) is 11.8 Å². The van der Waals surface area contributed by atoms with Crippen LogP contribution in [0.25, 0.3) is 0 Å². The molecule has 2 rings (SSSR count). The van der Waals surface area contributed by atoms with Crippen molar-refractivity contribution in [1.29, 1.82) is 0 Å². The molecular formula is C29H56O4SSi3. The largest absolute Gasteiger partial charge is 0.409 e. The normalized spacial score (nSPS) is 24.8. The van der Waals surface area contributed by atoms with Crippen LogP contribution < -0.4 is 0 Å². The zero-order valence-corrected chi connectivity index (χ0v) is 30.3. The molecule has 1 saturated heterocycles. The summed E-state index contributed by atoms with van der Waals surface area (Å²) in [4.78, 5) is 1.19. The van der Waals surface area contributed by atoms with Crippen molar-refractivity contribution in [3.05, 3.63) is 30.3 Å². The van der Waals surface area contributed by atoms with Crippen LogP contribution in [-0.4, -0.2) is 55.3 Å². The molecule has 0 radical (unpaired) electrons. The van der Waals surface area contributed by atoms with Gasteiger partial charge in [0.25, 0.3) is 0 Å². The van der Waals surface area contributed by atoms with Gasteiger partial charge in [-0.05, 0) is 66.5 Å². The van der Waals surface area contributed by atoms with Crippen molar-refractivity contribution < 1.29 is 18.0 Å². The van der Waals surface area contributed by atoms with Gasteiger partial charge in [0.15, 0.2) is 25.0 Å². The first kappa shape index (κ1) is 33.3. The van der Waals surface area contributed by atoms with E-state index in [9.17, 15) is 0 Å². The quantitative estimate of drug-likeness (QED) is 0.285. The van der Waals surface area contributed by atoms with E-state index in [0.29, 0.717) is 6.61 Å². The van der Waals surface area contributed by atoms with Gasteiger partial charge in [-0.3, -0.25) is 0 Å². The molecule has 0 spiro atoms. The van der Waals surface area contributed by atoms with Crippen LogP contribution in [0.5, 0.6) is 0 Å². The predicted octanol–water partition coefficient (Wildman–Crippen LogP) is 9.31. The van der Waals surface area contributed by atoms with Gasteiger partial charge in [-0.15, -0.1) is 0 Å². The summed E-state index contributed by atoms with van der Waals surface area (Å²) in [6.07, 6.45) is -0.555. The highest BCUT2D eigenvalue weighted by Crippen LogP contribution is 2.46. The van der Waals surface area contributed by atoms with E-state index in [1.807, 2.05) is 0 Å². The summed E-state index contributed by atoms with van der Waals surface area (Å²) >= 11 is 1.75. The van der Waals surface area contributed by atoms with Crippen molar-refractivity contribution in [1.82, 2.24) is 0 Å². The van der Waals surface area contributed by atoms with E-state index < -0.39 is 25.0 Å². The molecule has 0 unspecified atom stereocenters. The van der Waals surface area contributed by atoms with Crippen LogP contribution in [0.2, 0.25) is 54.4 Å². The van der Waals surface area contributed by atoms with Gasteiger partial charge in [0.1, 0.15) is 17.6 Å². The maximum Gasteiger partial charge on any atom is 0.192 e. The van der Waals surface area contributed by atoms with E-state index in [-0.39, 0.29) is 38.9 Å². The first-order valence-corrected chi connectivity index (χ1v) is 23.5. The highest BCUT2D eigenvalue weighted by Gasteiger charge is 2.53. The van der Waals surface area contributed by atoms with Gasteiger partial charge in [0, 0.05) is 4.90 Å². The Labute approximate surface area is 236 Å². The van der Waals surface area contributed by atoms with E-state index in [2.05, 4.69) is 132 Å². The lowest BCUT2D eigenvalue weighted by atomic mass is 10.1. The average Bonchev–Trinajstić information content (AvgIpc) is 2.70. The van der Waals surface area contributed by atoms with E-state index in [4.69, 9.17) is 18.0 Å². The van der Waals surface area contributed by atoms with Crippen LogP contribution in [0.1, 0.15) is 62.3 Å². The van der Waals surface area contributed by atoms with Crippen molar-refractivity contribution in [3.63, 3.8) is 0 Å². The molecule has 0 aliphatic carbocycles. The van der Waals surface area contributed by atoms with Crippen LogP contribution in [0.3, 0.4) is 0 Å². The third kappa shape index (κ3) is 8.28. The first-order valence-electron chi connectivity index (χ1n) is 13.9. The predicted molar refractivity (Wildman–Crippen MR) is 168 cm³/mol. The molecule has 1 aliphatic rings. The SMILES string of the molecule is CC(C)(C)[Si](C)(C)O[C@@H]1[C@@H](O[Si](C)(C)C(C)(C)C)[C@H](Sc2ccccc2)OC[C@H]1O[Si](C)(C)C(C)(C)C. The van der Waals surface area contributed by atoms with Crippen LogP contribution >= 0.6 is 11.8 Å². The van der Waals surface area contributed by atoms with Crippen molar-refractivity contribution in [3.8, 4) is 0 Å². The third-order valence-corrected chi connectivity index (χ3v) is 23.7. The molecular weight excluding hydrogens is 529 g/mol. The molecule has 0 N–H and O–H groups in total. The molecule has 37 heavy (non-hydrogen) atoms. The van der Waals surface area contributed by atoms with E-state index in [1.165, 1.54) is 4.90 Å². The second-order valence-corrected chi connectivity index (χ2v) is 30.7. The van der Waals surface area contributed by atoms with Gasteiger partial charge in [0.2, 0.25) is 0 Å². The number of ether oxygens (including phenoxy) is 1. The molecule has 1 heterocycles. The Morgan fingerprint density at radius 2 is 1.05 bits per heavy atom. The molecule has 1 aromatic carbocycles. The van der Waals surface area contributed by atoms with Crippen molar-refractivity contribution in [2.24, 2.45) is 0 Å². The smallest absolute Gasteiger partial charge is 0.192 e. The van der Waals surface area contributed by atoms with Gasteiger partial charge in [-0.1, -0.05) is 92.3 Å². The second kappa shape index (κ2) is 11.5. The molecule has 0 aromatic heterocycles. The summed E-state index contributed by atoms with van der Waals surface area (Å²) in [6, 6.07) is 10.5. The van der Waals surface area contributed by atoms with Gasteiger partial charge in [0.05, 0.1) is 12.7 Å². The minimum atomic E-state index is -2.14. The van der Waals surface area contributed by atoms with E-state index >= 15 is 0 Å². The zero-order valence-electron chi connectivity index (χ0n) is 26.4. The fourth-order valence-corrected chi connectivity index (χ4v) is 8.53. The van der Waals surface area contributed by atoms with Crippen LogP contribution in [0.4, 0.5) is 0 Å². The Bertz CT molecular complexity index is 870. The highest BCUT2D eigenvalue weighted by atomic mass is 32.2. The summed E-state index contributed by atoms with van der Waals surface area (Å²) in [5.74, 6) is 0. The molecule has 1 aliphatic heterocycles. The summed E-state index contributed by atoms with van der Waals surface area (Å²) < 4.78 is 28.3. The molecule has 1 aromatic rings. The van der Waals surface area contributed by atoms with Crippen molar-refractivity contribution in [2.75, 3.05) is 6.61 Å². The Morgan fingerprint density at radius 1 is 0.649 bits per heavy atom. The zero-order chi connectivity index (χ0) is 28.7. The maximum atomic E-state index is 7.29. The molecule has 4 nitrogen and oxygen atoms in total. The van der Waals surface area contributed by atoms with Crippen molar-refractivity contribution >= 4 is 36.7 Å². The fraction of sp³-hybridized carbons (Fsp3) is 0.793. The second-order valence-electron chi connectivity index (χ2n) is 15.2. The minimum Gasteiger partial charge on any atom is -0.409 e. The molecule has 1 fully saturated rings. The molecule has 0 saturated carbocycles. The number of hydrogen-bond acceptors (Lipinski definition) is 5. The summed E-state index contributed by atoms with van der Waals surface area (Å²) in [7, 11) is -6.35. The number of hydrogen-bond donors (Lipinski definition) is 0. The lowest BCUT2D eigenvalue weighted by molar-refractivity contribution is -0.146. The molecule has 0 bridgehead atoms. The monoisotopic (exact) mass is 584 g/mol. The molecule has 214 valence electrons. The Kier molecular flexibility index (Phi) is 10.3. The Morgan fingerprint density at radius 3 is 1.49 bits per heavy atom. The van der Waals surface area contributed by atoms with Crippen molar-refractivity contribution in [2.45, 2.75) is 145 Å². The molecule has 4 atom stereocenters. The Hall–Kier alpha value is 0.0606. The van der Waals surface area contributed by atoms with Gasteiger partial charge in [-0.25, -0.2) is 0 Å². The van der Waals surface area contributed by atoms with Crippen LogP contribution in [-0.2, 0) is 18.0 Å². The third-order valence-electron chi connectivity index (χ3n) is 9.10. The maximum absolute atomic E-state index is 7.29. The average molecular weight is 585 g/mol. The lowest BCUT2D eigenvalue weighted by Crippen LogP contribution is -2.64. The summed E-state index contributed by atoms with van der Waals surface area (Å²) in [5, 5.41) is 0.250. The summed E-state index contributed by atoms with van der Waals surface area (Å²) in [5.41, 5.74) is -0.162. The highest BCUT2D eigenvalue weighted by molar-refractivity contribution is 7.99. The van der Waals surface area contributed by atoms with Gasteiger partial charge in [-0.2, -0.15) is 0 Å². The number of rotatable bonds is 8. The van der Waals surface area contributed by atoms with Crippen LogP contribution in [0, 0.1) is 0 Å². The number of thioether (sulfide) groups is 1. The summed E-state index contributed by atoms with van der Waals surface area (Å²) in [6.45, 7) is 35.2. The standard InChI is InChI=1S/C29H56O4SSi3/c1-27(2,3)35(10,11)31-23-21-30-26(34-22-19-17-16-18-20-22)25(33-37(14,15)29(7,8)9)24(23)32-36(12,13)28(4,5)6/h16-20,23-26H,21H2,1-15H3/t23-,24+,25-,26+/m1/s1. The molecule has 0 amide bonds. The fourth-order valence-electron chi connectivity index (χ4n) is 3.44. The first-order chi connectivity index (χ1) is 16.5. The lowest BCUT2D eigenvalue weighted by Gasteiger charge is -2.52. The van der Waals surface area contributed by atoms with E-state index in [0.717, 1.165) is 0 Å². The topological polar surface area (TPSA) is 36.9 Å². The molecule has 8 heteroatoms.